The zero-order valence-corrected chi connectivity index (χ0v) is 17.8. The first-order valence-electron chi connectivity index (χ1n) is 9.46. The number of hydrogen-bond acceptors (Lipinski definition) is 7. The van der Waals surface area contributed by atoms with Crippen molar-refractivity contribution in [3.63, 3.8) is 0 Å². The highest BCUT2D eigenvalue weighted by atomic mass is 32.1. The van der Waals surface area contributed by atoms with Gasteiger partial charge >= 0.3 is 5.97 Å². The molecule has 3 aromatic rings. The van der Waals surface area contributed by atoms with Crippen LogP contribution in [0.25, 0.3) is 16.3 Å². The number of aromatic nitrogens is 1. The summed E-state index contributed by atoms with van der Waals surface area (Å²) < 4.78 is 23.3. The summed E-state index contributed by atoms with van der Waals surface area (Å²) in [6, 6.07) is 10.7. The number of carbonyl (C=O) groups is 2. The van der Waals surface area contributed by atoms with Crippen molar-refractivity contribution < 1.29 is 28.5 Å². The van der Waals surface area contributed by atoms with Gasteiger partial charge in [0, 0.05) is 19.7 Å². The molecule has 1 aliphatic heterocycles. The van der Waals surface area contributed by atoms with Gasteiger partial charge in [0.1, 0.15) is 0 Å². The van der Waals surface area contributed by atoms with Crippen molar-refractivity contribution >= 4 is 39.5 Å². The van der Waals surface area contributed by atoms with Gasteiger partial charge < -0.3 is 23.5 Å². The van der Waals surface area contributed by atoms with E-state index >= 15 is 0 Å². The number of carbonyl (C=O) groups excluding carboxylic acids is 2. The maximum atomic E-state index is 12.5. The predicted molar refractivity (Wildman–Crippen MR) is 115 cm³/mol. The molecule has 1 aromatic heterocycles. The van der Waals surface area contributed by atoms with Gasteiger partial charge in [-0.2, -0.15) is 4.99 Å². The fourth-order valence-corrected chi connectivity index (χ4v) is 4.22. The second-order valence-electron chi connectivity index (χ2n) is 6.60. The molecule has 31 heavy (non-hydrogen) atoms. The van der Waals surface area contributed by atoms with Crippen molar-refractivity contribution in [1.82, 2.24) is 4.57 Å². The molecule has 0 radical (unpaired) electrons. The second-order valence-corrected chi connectivity index (χ2v) is 7.61. The van der Waals surface area contributed by atoms with Crippen LogP contribution in [-0.4, -0.2) is 44.1 Å². The number of ether oxygens (including phenoxy) is 4. The molecule has 4 rings (SSSR count). The van der Waals surface area contributed by atoms with Gasteiger partial charge in [0.25, 0.3) is 5.91 Å². The number of benzene rings is 2. The van der Waals surface area contributed by atoms with Crippen molar-refractivity contribution in [2.75, 3.05) is 27.6 Å². The van der Waals surface area contributed by atoms with E-state index in [0.29, 0.717) is 35.0 Å². The molecule has 0 saturated carbocycles. The maximum absolute atomic E-state index is 12.5. The molecule has 0 N–H and O–H groups in total. The normalized spacial score (nSPS) is 13.3. The van der Waals surface area contributed by atoms with Crippen LogP contribution in [0.3, 0.4) is 0 Å². The molecule has 2 heterocycles. The van der Waals surface area contributed by atoms with Crippen LogP contribution in [0.4, 0.5) is 0 Å². The van der Waals surface area contributed by atoms with Gasteiger partial charge in [-0.25, -0.2) is 4.79 Å². The molecule has 0 unspecified atom stereocenters. The van der Waals surface area contributed by atoms with E-state index in [1.807, 2.05) is 16.7 Å². The van der Waals surface area contributed by atoms with Gasteiger partial charge in [-0.3, -0.25) is 4.79 Å². The van der Waals surface area contributed by atoms with E-state index in [2.05, 4.69) is 4.99 Å². The number of methoxy groups -OCH3 is 2. The number of rotatable bonds is 6. The lowest BCUT2D eigenvalue weighted by Gasteiger charge is -2.04. The van der Waals surface area contributed by atoms with E-state index in [4.69, 9.17) is 18.9 Å². The van der Waals surface area contributed by atoms with Crippen molar-refractivity contribution in [3.8, 4) is 11.5 Å². The standard InChI is InChI=1S/C22H20N2O6S/c1-27-10-9-24-16-6-5-15(21(26)28-2)12-19(16)31-22(24)23-20(25)8-4-14-3-7-17-18(11-14)30-13-29-17/h3-8,11-12H,9-10,13H2,1-2H3. The Morgan fingerprint density at radius 1 is 1.16 bits per heavy atom. The highest BCUT2D eigenvalue weighted by molar-refractivity contribution is 7.16. The molecule has 2 aromatic carbocycles. The SMILES string of the molecule is COCCn1c(=NC(=O)C=Cc2ccc3c(c2)OCO3)sc2cc(C(=O)OC)ccc21. The minimum Gasteiger partial charge on any atom is -0.465 e. The van der Waals surface area contributed by atoms with Crippen LogP contribution in [0.5, 0.6) is 11.5 Å². The Bertz CT molecular complexity index is 1240. The summed E-state index contributed by atoms with van der Waals surface area (Å²) >= 11 is 1.32. The Labute approximate surface area is 182 Å². The van der Waals surface area contributed by atoms with Crippen molar-refractivity contribution in [1.29, 1.82) is 0 Å². The largest absolute Gasteiger partial charge is 0.465 e. The fraction of sp³-hybridized carbons (Fsp3) is 0.227. The number of thiazole rings is 1. The van der Waals surface area contributed by atoms with Gasteiger partial charge in [0.05, 0.1) is 29.5 Å². The fourth-order valence-electron chi connectivity index (χ4n) is 3.12. The number of esters is 1. The summed E-state index contributed by atoms with van der Waals surface area (Å²) in [4.78, 5) is 29.1. The minimum atomic E-state index is -0.417. The number of nitrogens with zero attached hydrogens (tertiary/aromatic N) is 2. The zero-order chi connectivity index (χ0) is 21.8. The van der Waals surface area contributed by atoms with Gasteiger partial charge in [-0.1, -0.05) is 17.4 Å². The quantitative estimate of drug-likeness (QED) is 0.433. The van der Waals surface area contributed by atoms with Crippen LogP contribution in [-0.2, 0) is 20.8 Å². The highest BCUT2D eigenvalue weighted by Gasteiger charge is 2.13. The third-order valence-corrected chi connectivity index (χ3v) is 5.68. The molecular weight excluding hydrogens is 420 g/mol. The first kappa shape index (κ1) is 20.8. The molecule has 0 atom stereocenters. The Morgan fingerprint density at radius 2 is 2.00 bits per heavy atom. The van der Waals surface area contributed by atoms with E-state index in [0.717, 1.165) is 15.8 Å². The number of hydrogen-bond donors (Lipinski definition) is 0. The third kappa shape index (κ3) is 4.52. The summed E-state index contributed by atoms with van der Waals surface area (Å²) in [6.45, 7) is 1.17. The lowest BCUT2D eigenvalue weighted by atomic mass is 10.2. The topological polar surface area (TPSA) is 88.4 Å². The Morgan fingerprint density at radius 3 is 2.81 bits per heavy atom. The van der Waals surface area contributed by atoms with E-state index in [1.165, 1.54) is 24.5 Å². The molecule has 0 bridgehead atoms. The van der Waals surface area contributed by atoms with Crippen LogP contribution in [0.2, 0.25) is 0 Å². The summed E-state index contributed by atoms with van der Waals surface area (Å²) in [7, 11) is 2.95. The van der Waals surface area contributed by atoms with E-state index in [1.54, 1.807) is 37.5 Å². The van der Waals surface area contributed by atoms with Crippen molar-refractivity contribution in [3.05, 3.63) is 58.4 Å². The molecular formula is C22H20N2O6S. The first-order chi connectivity index (χ1) is 15.1. The predicted octanol–water partition coefficient (Wildman–Crippen LogP) is 3.01. The second kappa shape index (κ2) is 9.15. The Balaban J connectivity index is 1.65. The number of amides is 1. The first-order valence-corrected chi connectivity index (χ1v) is 10.3. The average Bonchev–Trinajstić information content (AvgIpc) is 3.38. The summed E-state index contributed by atoms with van der Waals surface area (Å²) in [5, 5.41) is 0. The van der Waals surface area contributed by atoms with Crippen LogP contribution in [0.15, 0.2) is 47.5 Å². The monoisotopic (exact) mass is 440 g/mol. The lowest BCUT2D eigenvalue weighted by molar-refractivity contribution is -0.113. The van der Waals surface area contributed by atoms with Crippen LogP contribution < -0.4 is 14.3 Å². The molecule has 8 nitrogen and oxygen atoms in total. The Kier molecular flexibility index (Phi) is 6.15. The summed E-state index contributed by atoms with van der Waals surface area (Å²) in [5.41, 5.74) is 2.11. The maximum Gasteiger partial charge on any atom is 0.337 e. The average molecular weight is 440 g/mol. The molecule has 0 aliphatic carbocycles. The molecule has 1 amide bonds. The van der Waals surface area contributed by atoms with Crippen molar-refractivity contribution in [2.24, 2.45) is 4.99 Å². The molecule has 0 spiro atoms. The molecule has 0 saturated heterocycles. The van der Waals surface area contributed by atoms with E-state index in [-0.39, 0.29) is 6.79 Å². The van der Waals surface area contributed by atoms with Gasteiger partial charge in [-0.05, 0) is 42.0 Å². The molecule has 0 fully saturated rings. The van der Waals surface area contributed by atoms with E-state index in [9.17, 15) is 9.59 Å². The molecule has 1 aliphatic rings. The smallest absolute Gasteiger partial charge is 0.337 e. The van der Waals surface area contributed by atoms with Gasteiger partial charge in [0.2, 0.25) is 6.79 Å². The van der Waals surface area contributed by atoms with Gasteiger partial charge in [0.15, 0.2) is 16.3 Å². The lowest BCUT2D eigenvalue weighted by Crippen LogP contribution is -2.18. The zero-order valence-electron chi connectivity index (χ0n) is 17.0. The van der Waals surface area contributed by atoms with Crippen LogP contribution in [0, 0.1) is 0 Å². The van der Waals surface area contributed by atoms with Crippen LogP contribution >= 0.6 is 11.3 Å². The molecule has 160 valence electrons. The third-order valence-electron chi connectivity index (χ3n) is 4.64. The molecule has 9 heteroatoms. The summed E-state index contributed by atoms with van der Waals surface area (Å²) in [6.07, 6.45) is 3.08. The number of fused-ring (bicyclic) bond motifs is 2. The van der Waals surface area contributed by atoms with Gasteiger partial charge in [-0.15, -0.1) is 0 Å². The Hall–Kier alpha value is -3.43. The van der Waals surface area contributed by atoms with E-state index < -0.39 is 11.9 Å². The summed E-state index contributed by atoms with van der Waals surface area (Å²) in [5.74, 6) is 0.516. The van der Waals surface area contributed by atoms with Crippen molar-refractivity contribution in [2.45, 2.75) is 6.54 Å². The minimum absolute atomic E-state index is 0.196. The van der Waals surface area contributed by atoms with Crippen LogP contribution in [0.1, 0.15) is 15.9 Å². The highest BCUT2D eigenvalue weighted by Crippen LogP contribution is 2.32.